The zero-order valence-corrected chi connectivity index (χ0v) is 16.3. The number of rotatable bonds is 5. The van der Waals surface area contributed by atoms with Crippen molar-refractivity contribution < 1.29 is 14.0 Å². The summed E-state index contributed by atoms with van der Waals surface area (Å²) in [6.07, 6.45) is 2.87. The number of nitrogens with one attached hydrogen (secondary N) is 2. The van der Waals surface area contributed by atoms with Crippen molar-refractivity contribution in [3.8, 4) is 0 Å². The van der Waals surface area contributed by atoms with Crippen LogP contribution in [0.1, 0.15) is 47.0 Å². The van der Waals surface area contributed by atoms with Gasteiger partial charge in [-0.2, -0.15) is 5.10 Å². The van der Waals surface area contributed by atoms with E-state index in [-0.39, 0.29) is 0 Å². The van der Waals surface area contributed by atoms with Crippen molar-refractivity contribution in [1.82, 2.24) is 20.6 Å². The minimum absolute atomic E-state index is 0.376. The van der Waals surface area contributed by atoms with Gasteiger partial charge in [-0.1, -0.05) is 25.4 Å². The van der Waals surface area contributed by atoms with Gasteiger partial charge in [-0.15, -0.1) is 0 Å². The van der Waals surface area contributed by atoms with Gasteiger partial charge in [0.2, 0.25) is 0 Å². The van der Waals surface area contributed by atoms with Gasteiger partial charge in [0.1, 0.15) is 16.7 Å². The molecule has 0 fully saturated rings. The molecule has 2 aromatic rings. The largest absolute Gasteiger partial charge is 0.466 e. The molecule has 26 heavy (non-hydrogen) atoms. The monoisotopic (exact) mass is 378 g/mol. The summed E-state index contributed by atoms with van der Waals surface area (Å²) in [7, 11) is 0. The first-order valence-corrected chi connectivity index (χ1v) is 8.65. The predicted molar refractivity (Wildman–Crippen MR) is 99.6 cm³/mol. The van der Waals surface area contributed by atoms with Crippen LogP contribution in [0.15, 0.2) is 16.6 Å². The summed E-state index contributed by atoms with van der Waals surface area (Å²) in [6.45, 7) is 10.1. The van der Waals surface area contributed by atoms with Gasteiger partial charge in [0.05, 0.1) is 11.3 Å². The minimum atomic E-state index is -0.483. The van der Waals surface area contributed by atoms with Crippen LogP contribution < -0.4 is 10.9 Å². The zero-order valence-electron chi connectivity index (χ0n) is 15.5. The maximum atomic E-state index is 12.0. The number of aromatic nitrogens is 2. The number of carbonyl (C=O) groups excluding carboxylic acids is 2. The second kappa shape index (κ2) is 8.23. The lowest BCUT2D eigenvalue weighted by Gasteiger charge is -2.05. The van der Waals surface area contributed by atoms with E-state index in [0.29, 0.717) is 40.3 Å². The van der Waals surface area contributed by atoms with Crippen molar-refractivity contribution in [2.24, 2.45) is 5.92 Å². The fourth-order valence-corrected chi connectivity index (χ4v) is 2.77. The lowest BCUT2D eigenvalue weighted by Crippen LogP contribution is -2.40. The Morgan fingerprint density at radius 2 is 2.00 bits per heavy atom. The van der Waals surface area contributed by atoms with E-state index in [9.17, 15) is 9.59 Å². The normalized spacial score (nSPS) is 11.3. The first-order valence-electron chi connectivity index (χ1n) is 8.27. The Morgan fingerprint density at radius 3 is 2.58 bits per heavy atom. The van der Waals surface area contributed by atoms with Crippen molar-refractivity contribution >= 4 is 29.5 Å². The zero-order chi connectivity index (χ0) is 19.4. The minimum Gasteiger partial charge on any atom is -0.466 e. The van der Waals surface area contributed by atoms with Crippen molar-refractivity contribution in [2.45, 2.75) is 41.2 Å². The average Bonchev–Trinajstić information content (AvgIpc) is 3.02. The molecule has 8 heteroatoms. The number of hydrazine groups is 1. The summed E-state index contributed by atoms with van der Waals surface area (Å²) in [5.74, 6) is 0.590. The maximum absolute atomic E-state index is 12.0. The molecule has 0 unspecified atom stereocenters. The number of halogens is 1. The molecule has 2 amide bonds. The van der Waals surface area contributed by atoms with Crippen molar-refractivity contribution in [3.05, 3.63) is 45.6 Å². The molecule has 2 heterocycles. The van der Waals surface area contributed by atoms with Crippen LogP contribution in [-0.2, 0) is 11.3 Å². The number of amides is 2. The van der Waals surface area contributed by atoms with E-state index in [4.69, 9.17) is 16.0 Å². The molecular formula is C18H23ClN4O3. The summed E-state index contributed by atoms with van der Waals surface area (Å²) in [4.78, 5) is 24.0. The van der Waals surface area contributed by atoms with Crippen LogP contribution in [0.2, 0.25) is 5.15 Å². The highest BCUT2D eigenvalue weighted by Crippen LogP contribution is 2.22. The van der Waals surface area contributed by atoms with Gasteiger partial charge >= 0.3 is 0 Å². The van der Waals surface area contributed by atoms with Crippen molar-refractivity contribution in [2.75, 3.05) is 0 Å². The molecule has 0 saturated heterocycles. The third kappa shape index (κ3) is 4.76. The Labute approximate surface area is 157 Å². The second-order valence-corrected chi connectivity index (χ2v) is 6.83. The summed E-state index contributed by atoms with van der Waals surface area (Å²) in [5.41, 5.74) is 6.46. The van der Waals surface area contributed by atoms with E-state index < -0.39 is 11.8 Å². The van der Waals surface area contributed by atoms with Gasteiger partial charge in [-0.3, -0.25) is 25.1 Å². The lowest BCUT2D eigenvalue weighted by atomic mass is 10.2. The highest BCUT2D eigenvalue weighted by molar-refractivity contribution is 6.31. The van der Waals surface area contributed by atoms with E-state index in [0.717, 1.165) is 5.69 Å². The third-order valence-electron chi connectivity index (χ3n) is 3.63. The molecule has 7 nitrogen and oxygen atoms in total. The van der Waals surface area contributed by atoms with Gasteiger partial charge in [0.15, 0.2) is 0 Å². The molecule has 2 N–H and O–H groups in total. The Hall–Kier alpha value is -2.54. The molecule has 0 atom stereocenters. The molecular weight excluding hydrogens is 356 g/mol. The molecule has 0 aliphatic rings. The first kappa shape index (κ1) is 19.8. The summed E-state index contributed by atoms with van der Waals surface area (Å²) in [5, 5.41) is 4.86. The van der Waals surface area contributed by atoms with E-state index in [1.807, 2.05) is 6.92 Å². The number of furan rings is 1. The summed E-state index contributed by atoms with van der Waals surface area (Å²) >= 11 is 6.32. The molecule has 0 aliphatic carbocycles. The Balaban J connectivity index is 1.98. The van der Waals surface area contributed by atoms with Crippen LogP contribution in [-0.4, -0.2) is 21.6 Å². The summed E-state index contributed by atoms with van der Waals surface area (Å²) < 4.78 is 7.01. The second-order valence-electron chi connectivity index (χ2n) is 6.47. The van der Waals surface area contributed by atoms with Crippen molar-refractivity contribution in [3.63, 3.8) is 0 Å². The van der Waals surface area contributed by atoms with Crippen LogP contribution in [0.4, 0.5) is 0 Å². The average molecular weight is 379 g/mol. The smallest absolute Gasteiger partial charge is 0.273 e. The van der Waals surface area contributed by atoms with Crippen molar-refractivity contribution in [1.29, 1.82) is 0 Å². The van der Waals surface area contributed by atoms with Crippen LogP contribution in [0.3, 0.4) is 0 Å². The van der Waals surface area contributed by atoms with Crippen LogP contribution in [0.25, 0.3) is 6.08 Å². The van der Waals surface area contributed by atoms with E-state index in [1.54, 1.807) is 30.7 Å². The molecule has 0 aromatic carbocycles. The molecule has 0 bridgehead atoms. The lowest BCUT2D eigenvalue weighted by molar-refractivity contribution is -0.117. The molecule has 0 aliphatic heterocycles. The topological polar surface area (TPSA) is 89.2 Å². The molecule has 140 valence electrons. The number of nitrogens with zero attached hydrogens (tertiary/aromatic N) is 2. The van der Waals surface area contributed by atoms with Gasteiger partial charge < -0.3 is 4.42 Å². The van der Waals surface area contributed by atoms with Gasteiger partial charge in [0.25, 0.3) is 11.8 Å². The molecule has 0 saturated carbocycles. The quantitative estimate of drug-likeness (QED) is 0.617. The molecule has 0 spiro atoms. The van der Waals surface area contributed by atoms with Crippen LogP contribution in [0.5, 0.6) is 0 Å². The number of carbonyl (C=O) groups is 2. The third-order valence-corrected chi connectivity index (χ3v) is 4.03. The summed E-state index contributed by atoms with van der Waals surface area (Å²) in [6, 6.07) is 1.61. The van der Waals surface area contributed by atoms with Crippen LogP contribution >= 0.6 is 11.6 Å². The fraction of sp³-hybridized carbons (Fsp3) is 0.389. The van der Waals surface area contributed by atoms with Gasteiger partial charge in [-0.25, -0.2) is 0 Å². The van der Waals surface area contributed by atoms with E-state index >= 15 is 0 Å². The highest BCUT2D eigenvalue weighted by atomic mass is 35.5. The van der Waals surface area contributed by atoms with Crippen LogP contribution in [0, 0.1) is 26.7 Å². The number of hydrogen-bond acceptors (Lipinski definition) is 4. The molecule has 2 aromatic heterocycles. The maximum Gasteiger partial charge on any atom is 0.273 e. The Morgan fingerprint density at radius 1 is 1.31 bits per heavy atom. The Kier molecular flexibility index (Phi) is 6.26. The standard InChI is InChI=1S/C18H23ClN4O3/c1-10(2)9-23-17(19)14(12(4)22-23)6-7-16(24)20-21-18(25)15-8-11(3)26-13(15)5/h6-8,10H,9H2,1-5H3,(H,20,24)(H,21,25)/b7-6+. The number of aryl methyl sites for hydroxylation is 3. The Bertz CT molecular complexity index is 849. The van der Waals surface area contributed by atoms with Gasteiger partial charge in [0, 0.05) is 18.2 Å². The molecule has 0 radical (unpaired) electrons. The first-order chi connectivity index (χ1) is 12.2. The van der Waals surface area contributed by atoms with Gasteiger partial charge in [-0.05, 0) is 38.8 Å². The fourth-order valence-electron chi connectivity index (χ4n) is 2.47. The van der Waals surface area contributed by atoms with E-state index in [1.165, 1.54) is 6.08 Å². The SMILES string of the molecule is Cc1cc(C(=O)NNC(=O)/C=C/c2c(C)nn(CC(C)C)c2Cl)c(C)o1. The number of hydrogen-bond donors (Lipinski definition) is 2. The van der Waals surface area contributed by atoms with E-state index in [2.05, 4.69) is 29.8 Å². The predicted octanol–water partition coefficient (Wildman–Crippen LogP) is 3.19. The highest BCUT2D eigenvalue weighted by Gasteiger charge is 2.14. The molecule has 2 rings (SSSR count).